The third-order valence-electron chi connectivity index (χ3n) is 3.81. The molecule has 2 rings (SSSR count). The topological polar surface area (TPSA) is 50.3 Å². The van der Waals surface area contributed by atoms with Crippen LogP contribution in [-0.4, -0.2) is 43.3 Å². The highest BCUT2D eigenvalue weighted by atomic mass is 16.5. The Hall–Kier alpha value is -1.36. The van der Waals surface area contributed by atoms with Crippen molar-refractivity contribution in [2.24, 2.45) is 5.92 Å². The fraction of sp³-hybridized carbons (Fsp3) is 0.750. The molecular formula is C16H28N4O. The summed E-state index contributed by atoms with van der Waals surface area (Å²) >= 11 is 0. The zero-order valence-corrected chi connectivity index (χ0v) is 13.6. The third kappa shape index (κ3) is 4.84. The average Bonchev–Trinajstić information content (AvgIpc) is 2.53. The van der Waals surface area contributed by atoms with Crippen LogP contribution in [0.1, 0.15) is 38.9 Å². The molecule has 0 amide bonds. The van der Waals surface area contributed by atoms with Gasteiger partial charge in [-0.25, -0.2) is 9.97 Å². The molecule has 1 fully saturated rings. The lowest BCUT2D eigenvalue weighted by Gasteiger charge is -2.28. The maximum atomic E-state index is 5.57. The SMILES string of the molecule is CCCNc1cc(N(C)CC2CCCOC2)nc(CC)n1. The number of aromatic nitrogens is 2. The molecule has 1 aliphatic heterocycles. The smallest absolute Gasteiger partial charge is 0.134 e. The van der Waals surface area contributed by atoms with Crippen molar-refractivity contribution in [1.82, 2.24) is 9.97 Å². The minimum atomic E-state index is 0.607. The van der Waals surface area contributed by atoms with E-state index < -0.39 is 0 Å². The van der Waals surface area contributed by atoms with Gasteiger partial charge in [-0.05, 0) is 25.2 Å². The number of ether oxygens (including phenoxy) is 1. The number of aryl methyl sites for hydroxylation is 1. The van der Waals surface area contributed by atoms with E-state index in [0.717, 1.165) is 56.6 Å². The van der Waals surface area contributed by atoms with Crippen LogP contribution in [0.2, 0.25) is 0 Å². The molecule has 5 nitrogen and oxygen atoms in total. The fourth-order valence-electron chi connectivity index (χ4n) is 2.61. The number of anilines is 2. The minimum absolute atomic E-state index is 0.607. The van der Waals surface area contributed by atoms with Crippen LogP contribution in [-0.2, 0) is 11.2 Å². The lowest BCUT2D eigenvalue weighted by molar-refractivity contribution is 0.0576. The molecule has 1 N–H and O–H groups in total. The standard InChI is InChI=1S/C16H28N4O/c1-4-8-17-15-10-16(19-14(5-2)18-15)20(3)11-13-7-6-9-21-12-13/h10,13H,4-9,11-12H2,1-3H3,(H,17,18,19). The van der Waals surface area contributed by atoms with E-state index in [9.17, 15) is 0 Å². The monoisotopic (exact) mass is 292 g/mol. The Labute approximate surface area is 128 Å². The van der Waals surface area contributed by atoms with Gasteiger partial charge in [0, 0.05) is 39.2 Å². The predicted octanol–water partition coefficient (Wildman–Crippen LogP) is 2.72. The Morgan fingerprint density at radius 3 is 2.90 bits per heavy atom. The molecule has 118 valence electrons. The summed E-state index contributed by atoms with van der Waals surface area (Å²) in [7, 11) is 2.11. The minimum Gasteiger partial charge on any atom is -0.381 e. The van der Waals surface area contributed by atoms with E-state index >= 15 is 0 Å². The first kappa shape index (κ1) is 16.0. The van der Waals surface area contributed by atoms with E-state index in [-0.39, 0.29) is 0 Å². The van der Waals surface area contributed by atoms with E-state index in [1.165, 1.54) is 12.8 Å². The van der Waals surface area contributed by atoms with Gasteiger partial charge in [0.15, 0.2) is 0 Å². The molecule has 0 radical (unpaired) electrons. The number of hydrogen-bond acceptors (Lipinski definition) is 5. The molecule has 1 saturated heterocycles. The fourth-order valence-corrected chi connectivity index (χ4v) is 2.61. The number of nitrogens with one attached hydrogen (secondary N) is 1. The highest BCUT2D eigenvalue weighted by molar-refractivity contribution is 5.49. The second kappa shape index (κ2) is 8.17. The molecule has 1 aromatic rings. The molecule has 1 aromatic heterocycles. The Bertz CT molecular complexity index is 432. The maximum Gasteiger partial charge on any atom is 0.134 e. The summed E-state index contributed by atoms with van der Waals surface area (Å²) in [6.45, 7) is 7.98. The van der Waals surface area contributed by atoms with Crippen molar-refractivity contribution in [3.05, 3.63) is 11.9 Å². The Morgan fingerprint density at radius 1 is 1.38 bits per heavy atom. The van der Waals surface area contributed by atoms with E-state index in [4.69, 9.17) is 4.74 Å². The lowest BCUT2D eigenvalue weighted by atomic mass is 10.0. The highest BCUT2D eigenvalue weighted by Crippen LogP contribution is 2.20. The summed E-state index contributed by atoms with van der Waals surface area (Å²) < 4.78 is 5.57. The summed E-state index contributed by atoms with van der Waals surface area (Å²) in [5, 5.41) is 3.37. The van der Waals surface area contributed by atoms with E-state index in [0.29, 0.717) is 5.92 Å². The molecule has 0 aromatic carbocycles. The second-order valence-corrected chi connectivity index (χ2v) is 5.77. The van der Waals surface area contributed by atoms with Crippen molar-refractivity contribution in [3.63, 3.8) is 0 Å². The number of nitrogens with zero attached hydrogens (tertiary/aromatic N) is 3. The van der Waals surface area contributed by atoms with Gasteiger partial charge < -0.3 is 15.0 Å². The summed E-state index contributed by atoms with van der Waals surface area (Å²) in [5.74, 6) is 3.45. The lowest BCUT2D eigenvalue weighted by Crippen LogP contribution is -2.31. The van der Waals surface area contributed by atoms with Crippen molar-refractivity contribution in [2.75, 3.05) is 43.6 Å². The summed E-state index contributed by atoms with van der Waals surface area (Å²) in [6, 6.07) is 2.05. The van der Waals surface area contributed by atoms with E-state index in [1.807, 2.05) is 0 Å². The number of rotatable bonds is 7. The molecule has 0 saturated carbocycles. The van der Waals surface area contributed by atoms with Gasteiger partial charge in [-0.3, -0.25) is 0 Å². The Morgan fingerprint density at radius 2 is 2.24 bits per heavy atom. The van der Waals surface area contributed by atoms with Crippen LogP contribution in [0.15, 0.2) is 6.07 Å². The first-order chi connectivity index (χ1) is 10.2. The first-order valence-electron chi connectivity index (χ1n) is 8.13. The molecule has 21 heavy (non-hydrogen) atoms. The zero-order valence-electron chi connectivity index (χ0n) is 13.6. The normalized spacial score (nSPS) is 18.5. The van der Waals surface area contributed by atoms with Gasteiger partial charge >= 0.3 is 0 Å². The molecule has 1 aliphatic rings. The number of hydrogen-bond donors (Lipinski definition) is 1. The molecule has 0 aliphatic carbocycles. The molecule has 1 atom stereocenters. The van der Waals surface area contributed by atoms with E-state index in [2.05, 4.69) is 47.1 Å². The van der Waals surface area contributed by atoms with Crippen LogP contribution >= 0.6 is 0 Å². The molecule has 0 bridgehead atoms. The van der Waals surface area contributed by atoms with Gasteiger partial charge in [-0.15, -0.1) is 0 Å². The Balaban J connectivity index is 2.05. The average molecular weight is 292 g/mol. The Kier molecular flexibility index (Phi) is 6.23. The summed E-state index contributed by atoms with van der Waals surface area (Å²) in [4.78, 5) is 11.4. The molecular weight excluding hydrogens is 264 g/mol. The van der Waals surface area contributed by atoms with Crippen molar-refractivity contribution >= 4 is 11.6 Å². The van der Waals surface area contributed by atoms with Crippen molar-refractivity contribution in [3.8, 4) is 0 Å². The molecule has 5 heteroatoms. The summed E-state index contributed by atoms with van der Waals surface area (Å²) in [5.41, 5.74) is 0. The largest absolute Gasteiger partial charge is 0.381 e. The summed E-state index contributed by atoms with van der Waals surface area (Å²) in [6.07, 6.45) is 4.37. The maximum absolute atomic E-state index is 5.57. The third-order valence-corrected chi connectivity index (χ3v) is 3.81. The van der Waals surface area contributed by atoms with Crippen LogP contribution in [0.3, 0.4) is 0 Å². The van der Waals surface area contributed by atoms with Gasteiger partial charge in [-0.1, -0.05) is 13.8 Å². The van der Waals surface area contributed by atoms with Crippen LogP contribution in [0.4, 0.5) is 11.6 Å². The van der Waals surface area contributed by atoms with Gasteiger partial charge in [0.25, 0.3) is 0 Å². The quantitative estimate of drug-likeness (QED) is 0.837. The van der Waals surface area contributed by atoms with Gasteiger partial charge in [0.05, 0.1) is 6.61 Å². The first-order valence-corrected chi connectivity index (χ1v) is 8.13. The van der Waals surface area contributed by atoms with Crippen LogP contribution in [0.25, 0.3) is 0 Å². The van der Waals surface area contributed by atoms with Crippen molar-refractivity contribution < 1.29 is 4.74 Å². The van der Waals surface area contributed by atoms with Crippen LogP contribution in [0, 0.1) is 5.92 Å². The van der Waals surface area contributed by atoms with Crippen molar-refractivity contribution in [2.45, 2.75) is 39.5 Å². The molecule has 1 unspecified atom stereocenters. The predicted molar refractivity (Wildman–Crippen MR) is 87.0 cm³/mol. The van der Waals surface area contributed by atoms with E-state index in [1.54, 1.807) is 0 Å². The van der Waals surface area contributed by atoms with Gasteiger partial charge in [-0.2, -0.15) is 0 Å². The molecule has 2 heterocycles. The zero-order chi connectivity index (χ0) is 15.1. The highest BCUT2D eigenvalue weighted by Gasteiger charge is 2.17. The van der Waals surface area contributed by atoms with Crippen LogP contribution in [0.5, 0.6) is 0 Å². The second-order valence-electron chi connectivity index (χ2n) is 5.77. The molecule has 0 spiro atoms. The van der Waals surface area contributed by atoms with Crippen LogP contribution < -0.4 is 10.2 Å². The van der Waals surface area contributed by atoms with Gasteiger partial charge in [0.2, 0.25) is 0 Å². The van der Waals surface area contributed by atoms with Gasteiger partial charge in [0.1, 0.15) is 17.5 Å². The van der Waals surface area contributed by atoms with Crippen molar-refractivity contribution in [1.29, 1.82) is 0 Å².